The number of methoxy groups -OCH3 is 1. The maximum Gasteiger partial charge on any atom is 0.514 e. The Balaban J connectivity index is 1.94. The standard InChI is InChI=1S/C12H13N7O4/c1-8(7-18-16-12(15-17-18)19(21)22)13-14-11(20)9-3-5-10(23-2)6-4-9/h3-6H,7H2,1-2H3,(H,14,20)/b13-8-. The first-order valence-corrected chi connectivity index (χ1v) is 6.39. The van der Waals surface area contributed by atoms with Crippen LogP contribution >= 0.6 is 0 Å². The molecule has 0 fully saturated rings. The largest absolute Gasteiger partial charge is 0.514 e. The minimum Gasteiger partial charge on any atom is -0.497 e. The van der Waals surface area contributed by atoms with Crippen molar-refractivity contribution < 1.29 is 14.5 Å². The summed E-state index contributed by atoms with van der Waals surface area (Å²) in [6.45, 7) is 1.67. The highest BCUT2D eigenvalue weighted by atomic mass is 16.6. The van der Waals surface area contributed by atoms with Crippen molar-refractivity contribution in [1.29, 1.82) is 0 Å². The van der Waals surface area contributed by atoms with Crippen LogP contribution in [0, 0.1) is 10.1 Å². The molecule has 2 rings (SSSR count). The van der Waals surface area contributed by atoms with E-state index >= 15 is 0 Å². The molecule has 11 heteroatoms. The van der Waals surface area contributed by atoms with Gasteiger partial charge in [0.2, 0.25) is 0 Å². The molecule has 23 heavy (non-hydrogen) atoms. The van der Waals surface area contributed by atoms with Crippen molar-refractivity contribution in [2.24, 2.45) is 5.10 Å². The number of nitrogens with one attached hydrogen (secondary N) is 1. The summed E-state index contributed by atoms with van der Waals surface area (Å²) in [5.74, 6) is -0.357. The summed E-state index contributed by atoms with van der Waals surface area (Å²) in [4.78, 5) is 22.6. The number of nitro groups is 1. The van der Waals surface area contributed by atoms with E-state index in [-0.39, 0.29) is 6.54 Å². The number of tetrazole rings is 1. The summed E-state index contributed by atoms with van der Waals surface area (Å²) in [5, 5.41) is 24.6. The Morgan fingerprint density at radius 3 is 2.70 bits per heavy atom. The van der Waals surface area contributed by atoms with Gasteiger partial charge in [-0.15, -0.1) is 0 Å². The van der Waals surface area contributed by atoms with E-state index in [1.165, 1.54) is 7.11 Å². The molecule has 1 N–H and O–H groups in total. The van der Waals surface area contributed by atoms with Crippen LogP contribution in [0.1, 0.15) is 17.3 Å². The SMILES string of the molecule is COc1ccc(C(=O)N/N=C(/C)Cn2nnc([N+](=O)[O-])n2)cc1. The fourth-order valence-corrected chi connectivity index (χ4v) is 1.57. The van der Waals surface area contributed by atoms with Gasteiger partial charge in [-0.1, -0.05) is 4.80 Å². The zero-order valence-corrected chi connectivity index (χ0v) is 12.3. The molecule has 120 valence electrons. The minimum absolute atomic E-state index is 0.0593. The average Bonchev–Trinajstić information content (AvgIpc) is 3.01. The molecule has 0 unspecified atom stereocenters. The van der Waals surface area contributed by atoms with Gasteiger partial charge in [0.05, 0.1) is 23.0 Å². The van der Waals surface area contributed by atoms with E-state index in [1.54, 1.807) is 31.2 Å². The maximum atomic E-state index is 11.9. The number of carbonyl (C=O) groups excluding carboxylic acids is 1. The van der Waals surface area contributed by atoms with E-state index in [1.807, 2.05) is 0 Å². The molecule has 0 aliphatic rings. The van der Waals surface area contributed by atoms with Crippen molar-refractivity contribution in [1.82, 2.24) is 25.6 Å². The number of carbonyl (C=O) groups is 1. The van der Waals surface area contributed by atoms with Crippen molar-refractivity contribution >= 4 is 17.6 Å². The lowest BCUT2D eigenvalue weighted by Crippen LogP contribution is -2.21. The van der Waals surface area contributed by atoms with Gasteiger partial charge in [-0.05, 0) is 36.1 Å². The first-order chi connectivity index (χ1) is 11.0. The quantitative estimate of drug-likeness (QED) is 0.462. The summed E-state index contributed by atoms with van der Waals surface area (Å²) in [6, 6.07) is 6.51. The van der Waals surface area contributed by atoms with E-state index in [9.17, 15) is 14.9 Å². The monoisotopic (exact) mass is 319 g/mol. The number of benzene rings is 1. The smallest absolute Gasteiger partial charge is 0.497 e. The zero-order chi connectivity index (χ0) is 16.8. The molecule has 0 radical (unpaired) electrons. The van der Waals surface area contributed by atoms with Crippen LogP contribution in [0.4, 0.5) is 5.95 Å². The summed E-state index contributed by atoms with van der Waals surface area (Å²) >= 11 is 0. The summed E-state index contributed by atoms with van der Waals surface area (Å²) < 4.78 is 5.00. The molecular weight excluding hydrogens is 306 g/mol. The highest BCUT2D eigenvalue weighted by Crippen LogP contribution is 2.10. The highest BCUT2D eigenvalue weighted by molar-refractivity contribution is 5.95. The van der Waals surface area contributed by atoms with Gasteiger partial charge in [-0.3, -0.25) is 4.79 Å². The molecule has 0 saturated carbocycles. The van der Waals surface area contributed by atoms with Gasteiger partial charge >= 0.3 is 5.95 Å². The third-order valence-corrected chi connectivity index (χ3v) is 2.68. The Hall–Kier alpha value is -3.37. The number of hydrogen-bond acceptors (Lipinski definition) is 8. The van der Waals surface area contributed by atoms with Gasteiger partial charge in [0, 0.05) is 10.8 Å². The lowest BCUT2D eigenvalue weighted by molar-refractivity contribution is -0.394. The Morgan fingerprint density at radius 2 is 2.13 bits per heavy atom. The number of rotatable bonds is 6. The maximum absolute atomic E-state index is 11.9. The average molecular weight is 319 g/mol. The van der Waals surface area contributed by atoms with Gasteiger partial charge in [0.15, 0.2) is 0 Å². The van der Waals surface area contributed by atoms with Crippen molar-refractivity contribution in [3.05, 3.63) is 39.9 Å². The third kappa shape index (κ3) is 4.30. The number of ether oxygens (including phenoxy) is 1. The molecule has 11 nitrogen and oxygen atoms in total. The highest BCUT2D eigenvalue weighted by Gasteiger charge is 2.15. The number of nitrogens with zero attached hydrogens (tertiary/aromatic N) is 6. The van der Waals surface area contributed by atoms with Crippen LogP contribution in [0.2, 0.25) is 0 Å². The normalized spacial score (nSPS) is 11.1. The molecule has 1 amide bonds. The van der Waals surface area contributed by atoms with Crippen LogP contribution in [-0.4, -0.2) is 43.9 Å². The van der Waals surface area contributed by atoms with Crippen molar-refractivity contribution in [2.75, 3.05) is 7.11 Å². The van der Waals surface area contributed by atoms with Gasteiger partial charge < -0.3 is 14.9 Å². The van der Waals surface area contributed by atoms with E-state index in [0.717, 1.165) is 4.80 Å². The van der Waals surface area contributed by atoms with Gasteiger partial charge in [0.1, 0.15) is 12.3 Å². The fourth-order valence-electron chi connectivity index (χ4n) is 1.57. The number of amides is 1. The van der Waals surface area contributed by atoms with E-state index < -0.39 is 16.8 Å². The minimum atomic E-state index is -0.749. The van der Waals surface area contributed by atoms with E-state index in [0.29, 0.717) is 17.0 Å². The van der Waals surface area contributed by atoms with Crippen LogP contribution in [0.3, 0.4) is 0 Å². The van der Waals surface area contributed by atoms with Crippen LogP contribution < -0.4 is 10.2 Å². The first kappa shape index (κ1) is 16.0. The van der Waals surface area contributed by atoms with Gasteiger partial charge in [-0.25, -0.2) is 5.43 Å². The molecule has 0 aliphatic heterocycles. The molecular formula is C12H13N7O4. The summed E-state index contributed by atoms with van der Waals surface area (Å²) in [6.07, 6.45) is 0. The molecule has 0 spiro atoms. The van der Waals surface area contributed by atoms with Crippen LogP contribution in [0.25, 0.3) is 0 Å². The second-order valence-electron chi connectivity index (χ2n) is 4.39. The molecule has 1 aromatic carbocycles. The lowest BCUT2D eigenvalue weighted by Gasteiger charge is -2.03. The van der Waals surface area contributed by atoms with E-state index in [4.69, 9.17) is 4.74 Å². The Labute approximate surface area is 130 Å². The number of hydrazone groups is 1. The predicted molar refractivity (Wildman–Crippen MR) is 78.0 cm³/mol. The van der Waals surface area contributed by atoms with Gasteiger partial charge in [0.25, 0.3) is 5.91 Å². The van der Waals surface area contributed by atoms with E-state index in [2.05, 4.69) is 25.9 Å². The molecule has 1 aromatic heterocycles. The topological polar surface area (TPSA) is 137 Å². The Bertz CT molecular complexity index is 738. The molecule has 0 bridgehead atoms. The summed E-state index contributed by atoms with van der Waals surface area (Å²) in [7, 11) is 1.53. The van der Waals surface area contributed by atoms with Crippen LogP contribution in [0.15, 0.2) is 29.4 Å². The number of hydrogen-bond donors (Lipinski definition) is 1. The number of aromatic nitrogens is 4. The fraction of sp³-hybridized carbons (Fsp3) is 0.250. The second kappa shape index (κ2) is 7.06. The zero-order valence-electron chi connectivity index (χ0n) is 12.3. The van der Waals surface area contributed by atoms with Crippen LogP contribution in [-0.2, 0) is 6.54 Å². The molecule has 0 atom stereocenters. The van der Waals surface area contributed by atoms with Crippen molar-refractivity contribution in [3.8, 4) is 5.75 Å². The second-order valence-corrected chi connectivity index (χ2v) is 4.39. The summed E-state index contributed by atoms with van der Waals surface area (Å²) in [5.41, 5.74) is 3.23. The molecule has 1 heterocycles. The van der Waals surface area contributed by atoms with Crippen molar-refractivity contribution in [3.63, 3.8) is 0 Å². The Kier molecular flexibility index (Phi) is 4.92. The first-order valence-electron chi connectivity index (χ1n) is 6.39. The Morgan fingerprint density at radius 1 is 1.43 bits per heavy atom. The van der Waals surface area contributed by atoms with Crippen molar-refractivity contribution in [2.45, 2.75) is 13.5 Å². The molecule has 0 aliphatic carbocycles. The predicted octanol–water partition coefficient (Wildman–Crippen LogP) is 0.396. The van der Waals surface area contributed by atoms with Gasteiger partial charge in [-0.2, -0.15) is 5.10 Å². The molecule has 0 saturated heterocycles. The lowest BCUT2D eigenvalue weighted by atomic mass is 10.2. The molecule has 2 aromatic rings. The third-order valence-electron chi connectivity index (χ3n) is 2.68. The van der Waals surface area contributed by atoms with Crippen LogP contribution in [0.5, 0.6) is 5.75 Å².